The fraction of sp³-hybridized carbons (Fsp3) is 0.522. The Hall–Kier alpha value is -2.51. The third-order valence-corrected chi connectivity index (χ3v) is 6.65. The first-order valence-electron chi connectivity index (χ1n) is 11.2. The molecule has 4 heterocycles. The zero-order valence-corrected chi connectivity index (χ0v) is 17.6. The van der Waals surface area contributed by atoms with E-state index in [4.69, 9.17) is 10.1 Å². The number of hydrogen-bond donors (Lipinski definition) is 2. The van der Waals surface area contributed by atoms with Crippen molar-refractivity contribution in [3.8, 4) is 11.6 Å². The van der Waals surface area contributed by atoms with Crippen LogP contribution in [0.1, 0.15) is 50.0 Å². The first kappa shape index (κ1) is 19.5. The van der Waals surface area contributed by atoms with E-state index in [9.17, 15) is 5.11 Å². The van der Waals surface area contributed by atoms with Crippen LogP contribution in [0.25, 0.3) is 16.7 Å². The van der Waals surface area contributed by atoms with Crippen LogP contribution in [0.4, 0.5) is 0 Å². The average molecular weight is 407 g/mol. The number of benzene rings is 1. The first-order valence-corrected chi connectivity index (χ1v) is 11.2. The standard InChI is InChI=1S/C23H30N6O/c1-2-19-20-22(29(27-19)18-6-4-3-5-7-18)25-21(26-23(20)30)16-10-14-28(15-11-16)17-8-12-24-13-9-17/h3-7,16-17,24H,2,8-15H2,1H3,(H,25,26,30). The molecule has 2 aliphatic heterocycles. The third-order valence-electron chi connectivity index (χ3n) is 6.65. The second-order valence-electron chi connectivity index (χ2n) is 8.44. The van der Waals surface area contributed by atoms with Crippen LogP contribution in [0.15, 0.2) is 30.3 Å². The molecule has 2 saturated heterocycles. The lowest BCUT2D eigenvalue weighted by Gasteiger charge is -2.39. The summed E-state index contributed by atoms with van der Waals surface area (Å²) in [7, 11) is 0. The fourth-order valence-electron chi connectivity index (χ4n) is 4.96. The van der Waals surface area contributed by atoms with Crippen molar-refractivity contribution in [2.45, 2.75) is 51.0 Å². The van der Waals surface area contributed by atoms with Gasteiger partial charge < -0.3 is 15.3 Å². The maximum absolute atomic E-state index is 10.8. The zero-order chi connectivity index (χ0) is 20.5. The molecule has 1 aromatic carbocycles. The molecule has 7 heteroatoms. The van der Waals surface area contributed by atoms with Gasteiger partial charge in [0.05, 0.1) is 11.4 Å². The molecule has 0 unspecified atom stereocenters. The molecule has 0 amide bonds. The number of nitrogens with zero attached hydrogens (tertiary/aromatic N) is 5. The summed E-state index contributed by atoms with van der Waals surface area (Å²) in [4.78, 5) is 12.1. The molecule has 0 radical (unpaired) electrons. The third kappa shape index (κ3) is 3.56. The number of aromatic nitrogens is 4. The molecule has 5 rings (SSSR count). The Labute approximate surface area is 177 Å². The highest BCUT2D eigenvalue weighted by Crippen LogP contribution is 2.33. The molecule has 30 heavy (non-hydrogen) atoms. The lowest BCUT2D eigenvalue weighted by atomic mass is 9.93. The Kier molecular flexibility index (Phi) is 5.39. The molecule has 2 N–H and O–H groups in total. The predicted molar refractivity (Wildman–Crippen MR) is 117 cm³/mol. The highest BCUT2D eigenvalue weighted by Gasteiger charge is 2.29. The van der Waals surface area contributed by atoms with Gasteiger partial charge in [-0.1, -0.05) is 25.1 Å². The fourth-order valence-corrected chi connectivity index (χ4v) is 4.96. The number of hydrogen-bond acceptors (Lipinski definition) is 6. The number of aromatic hydroxyl groups is 1. The quantitative estimate of drug-likeness (QED) is 0.693. The monoisotopic (exact) mass is 406 g/mol. The lowest BCUT2D eigenvalue weighted by molar-refractivity contribution is 0.125. The highest BCUT2D eigenvalue weighted by molar-refractivity contribution is 5.84. The number of likely N-dealkylation sites (tertiary alicyclic amines) is 1. The Bertz CT molecular complexity index is 1000. The number of fused-ring (bicyclic) bond motifs is 1. The minimum Gasteiger partial charge on any atom is -0.493 e. The second-order valence-corrected chi connectivity index (χ2v) is 8.44. The van der Waals surface area contributed by atoms with Gasteiger partial charge in [0.2, 0.25) is 5.88 Å². The van der Waals surface area contributed by atoms with Crippen LogP contribution in [-0.2, 0) is 6.42 Å². The van der Waals surface area contributed by atoms with Gasteiger partial charge >= 0.3 is 0 Å². The number of aryl methyl sites for hydroxylation is 1. The van der Waals surface area contributed by atoms with E-state index in [2.05, 4.69) is 15.2 Å². The van der Waals surface area contributed by atoms with Crippen LogP contribution in [0.2, 0.25) is 0 Å². The van der Waals surface area contributed by atoms with Crippen molar-refractivity contribution in [2.24, 2.45) is 0 Å². The number of para-hydroxylation sites is 1. The van der Waals surface area contributed by atoms with E-state index in [0.717, 1.165) is 62.6 Å². The van der Waals surface area contributed by atoms with Crippen molar-refractivity contribution in [3.05, 3.63) is 41.9 Å². The zero-order valence-electron chi connectivity index (χ0n) is 17.6. The van der Waals surface area contributed by atoms with Gasteiger partial charge in [0.25, 0.3) is 0 Å². The largest absolute Gasteiger partial charge is 0.493 e. The molecule has 2 fully saturated rings. The van der Waals surface area contributed by atoms with E-state index in [1.54, 1.807) is 0 Å². The maximum atomic E-state index is 10.8. The van der Waals surface area contributed by atoms with Crippen molar-refractivity contribution in [1.29, 1.82) is 0 Å². The molecule has 0 atom stereocenters. The smallest absolute Gasteiger partial charge is 0.225 e. The maximum Gasteiger partial charge on any atom is 0.225 e. The highest BCUT2D eigenvalue weighted by atomic mass is 16.3. The number of nitrogens with one attached hydrogen (secondary N) is 1. The van der Waals surface area contributed by atoms with Gasteiger partial charge in [-0.25, -0.2) is 9.67 Å². The minimum atomic E-state index is 0.0646. The van der Waals surface area contributed by atoms with Crippen LogP contribution < -0.4 is 5.32 Å². The molecule has 3 aromatic rings. The number of piperidine rings is 2. The Morgan fingerprint density at radius 3 is 2.47 bits per heavy atom. The van der Waals surface area contributed by atoms with Crippen LogP contribution in [-0.4, -0.2) is 62.0 Å². The van der Waals surface area contributed by atoms with Crippen LogP contribution in [0, 0.1) is 0 Å². The van der Waals surface area contributed by atoms with E-state index in [1.807, 2.05) is 41.9 Å². The van der Waals surface area contributed by atoms with Crippen molar-refractivity contribution >= 4 is 11.0 Å². The van der Waals surface area contributed by atoms with Gasteiger partial charge in [0, 0.05) is 12.0 Å². The van der Waals surface area contributed by atoms with Crippen molar-refractivity contribution in [2.75, 3.05) is 26.2 Å². The predicted octanol–water partition coefficient (Wildman–Crippen LogP) is 3.01. The van der Waals surface area contributed by atoms with Crippen molar-refractivity contribution < 1.29 is 5.11 Å². The van der Waals surface area contributed by atoms with Gasteiger partial charge in [0.1, 0.15) is 11.2 Å². The van der Waals surface area contributed by atoms with Gasteiger partial charge in [-0.15, -0.1) is 0 Å². The van der Waals surface area contributed by atoms with Crippen LogP contribution in [0.3, 0.4) is 0 Å². The van der Waals surface area contributed by atoms with E-state index >= 15 is 0 Å². The molecular formula is C23H30N6O. The summed E-state index contributed by atoms with van der Waals surface area (Å²) in [6, 6.07) is 10.7. The Morgan fingerprint density at radius 1 is 1.03 bits per heavy atom. The van der Waals surface area contributed by atoms with Crippen LogP contribution >= 0.6 is 0 Å². The molecule has 0 saturated carbocycles. The molecule has 2 aromatic heterocycles. The van der Waals surface area contributed by atoms with E-state index < -0.39 is 0 Å². The van der Waals surface area contributed by atoms with E-state index in [-0.39, 0.29) is 11.8 Å². The molecule has 2 aliphatic rings. The molecule has 0 aliphatic carbocycles. The first-order chi connectivity index (χ1) is 14.7. The summed E-state index contributed by atoms with van der Waals surface area (Å²) >= 11 is 0. The SMILES string of the molecule is CCc1nn(-c2ccccc2)c2nc(C3CCN(C4CCNCC4)CC3)nc(O)c12. The molecule has 0 bridgehead atoms. The summed E-state index contributed by atoms with van der Waals surface area (Å²) in [6.07, 6.45) is 5.28. The minimum absolute atomic E-state index is 0.0646. The summed E-state index contributed by atoms with van der Waals surface area (Å²) in [5.41, 5.74) is 2.49. The van der Waals surface area contributed by atoms with Gasteiger partial charge in [0.15, 0.2) is 5.65 Å². The number of rotatable bonds is 4. The van der Waals surface area contributed by atoms with E-state index in [1.165, 1.54) is 12.8 Å². The molecule has 0 spiro atoms. The molecule has 7 nitrogen and oxygen atoms in total. The summed E-state index contributed by atoms with van der Waals surface area (Å²) in [5.74, 6) is 1.10. The van der Waals surface area contributed by atoms with Gasteiger partial charge in [-0.3, -0.25) is 0 Å². The summed E-state index contributed by atoms with van der Waals surface area (Å²) in [6.45, 7) is 6.45. The van der Waals surface area contributed by atoms with Crippen molar-refractivity contribution in [1.82, 2.24) is 30.0 Å². The van der Waals surface area contributed by atoms with Gasteiger partial charge in [-0.05, 0) is 70.4 Å². The lowest BCUT2D eigenvalue weighted by Crippen LogP contribution is -2.46. The van der Waals surface area contributed by atoms with Crippen LogP contribution in [0.5, 0.6) is 5.88 Å². The van der Waals surface area contributed by atoms with E-state index in [0.29, 0.717) is 17.1 Å². The second kappa shape index (κ2) is 8.32. The molecular weight excluding hydrogens is 376 g/mol. The normalized spacial score (nSPS) is 19.5. The Morgan fingerprint density at radius 2 is 1.77 bits per heavy atom. The average Bonchev–Trinajstić information content (AvgIpc) is 3.20. The van der Waals surface area contributed by atoms with Crippen molar-refractivity contribution in [3.63, 3.8) is 0 Å². The topological polar surface area (TPSA) is 79.1 Å². The summed E-state index contributed by atoms with van der Waals surface area (Å²) < 4.78 is 1.85. The molecule has 158 valence electrons. The Balaban J connectivity index is 1.44. The van der Waals surface area contributed by atoms with Gasteiger partial charge in [-0.2, -0.15) is 10.1 Å². The summed E-state index contributed by atoms with van der Waals surface area (Å²) in [5, 5.41) is 19.7.